The maximum atomic E-state index is 11.9. The van der Waals surface area contributed by atoms with E-state index >= 15 is 0 Å². The van der Waals surface area contributed by atoms with E-state index in [1.165, 1.54) is 0 Å². The third-order valence-corrected chi connectivity index (χ3v) is 3.45. The molecule has 2 aromatic rings. The SMILES string of the molecule is CCCNC(=O)[C@H](C)NC(=O)COC(=O)Cc1noc2ccccc12. The van der Waals surface area contributed by atoms with E-state index in [4.69, 9.17) is 9.26 Å². The van der Waals surface area contributed by atoms with Gasteiger partial charge in [0.25, 0.3) is 5.91 Å². The fourth-order valence-electron chi connectivity index (χ4n) is 2.15. The Morgan fingerprint density at radius 2 is 2.04 bits per heavy atom. The molecule has 0 saturated carbocycles. The van der Waals surface area contributed by atoms with Gasteiger partial charge in [0.2, 0.25) is 5.91 Å². The summed E-state index contributed by atoms with van der Waals surface area (Å²) < 4.78 is 10.0. The summed E-state index contributed by atoms with van der Waals surface area (Å²) in [7, 11) is 0. The molecule has 134 valence electrons. The van der Waals surface area contributed by atoms with E-state index in [0.717, 1.165) is 11.8 Å². The van der Waals surface area contributed by atoms with Crippen molar-refractivity contribution in [1.82, 2.24) is 15.8 Å². The Balaban J connectivity index is 1.77. The van der Waals surface area contributed by atoms with Gasteiger partial charge in [0.05, 0.1) is 6.42 Å². The van der Waals surface area contributed by atoms with E-state index in [0.29, 0.717) is 17.8 Å². The van der Waals surface area contributed by atoms with Crippen LogP contribution in [0.25, 0.3) is 11.0 Å². The van der Waals surface area contributed by atoms with Gasteiger partial charge in [-0.15, -0.1) is 0 Å². The number of para-hydroxylation sites is 1. The molecule has 1 aromatic heterocycles. The molecule has 0 aliphatic rings. The number of carbonyl (C=O) groups is 3. The summed E-state index contributed by atoms with van der Waals surface area (Å²) in [5.41, 5.74) is 1.03. The summed E-state index contributed by atoms with van der Waals surface area (Å²) in [5, 5.41) is 9.70. The van der Waals surface area contributed by atoms with Crippen LogP contribution < -0.4 is 10.6 Å². The molecule has 2 N–H and O–H groups in total. The first-order valence-corrected chi connectivity index (χ1v) is 8.07. The van der Waals surface area contributed by atoms with Crippen LogP contribution in [0.2, 0.25) is 0 Å². The van der Waals surface area contributed by atoms with Crippen LogP contribution in [0.15, 0.2) is 28.8 Å². The molecular weight excluding hydrogens is 326 g/mol. The molecule has 0 radical (unpaired) electrons. The Labute approximate surface area is 144 Å². The van der Waals surface area contributed by atoms with Gasteiger partial charge >= 0.3 is 5.97 Å². The topological polar surface area (TPSA) is 111 Å². The fourth-order valence-corrected chi connectivity index (χ4v) is 2.15. The number of hydrogen-bond donors (Lipinski definition) is 2. The fraction of sp³-hybridized carbons (Fsp3) is 0.412. The molecule has 0 fully saturated rings. The molecule has 0 aliphatic heterocycles. The third kappa shape index (κ3) is 5.30. The summed E-state index contributed by atoms with van der Waals surface area (Å²) >= 11 is 0. The summed E-state index contributed by atoms with van der Waals surface area (Å²) in [6, 6.07) is 6.45. The van der Waals surface area contributed by atoms with Crippen molar-refractivity contribution in [3.63, 3.8) is 0 Å². The number of esters is 1. The molecule has 0 spiro atoms. The van der Waals surface area contributed by atoms with Crippen molar-refractivity contribution in [3.8, 4) is 0 Å². The van der Waals surface area contributed by atoms with E-state index in [-0.39, 0.29) is 12.3 Å². The molecule has 2 rings (SSSR count). The van der Waals surface area contributed by atoms with Gasteiger partial charge in [0.15, 0.2) is 12.2 Å². The number of carbonyl (C=O) groups excluding carboxylic acids is 3. The van der Waals surface area contributed by atoms with Gasteiger partial charge < -0.3 is 19.9 Å². The first-order chi connectivity index (χ1) is 12.0. The average molecular weight is 347 g/mol. The Morgan fingerprint density at radius 3 is 2.80 bits per heavy atom. The second-order valence-corrected chi connectivity index (χ2v) is 5.54. The molecule has 1 atom stereocenters. The maximum Gasteiger partial charge on any atom is 0.312 e. The molecule has 8 nitrogen and oxygen atoms in total. The highest BCUT2D eigenvalue weighted by Crippen LogP contribution is 2.18. The van der Waals surface area contributed by atoms with Gasteiger partial charge in [-0.3, -0.25) is 14.4 Å². The normalized spacial score (nSPS) is 11.8. The molecule has 1 heterocycles. The standard InChI is InChI=1S/C17H21N3O5/c1-3-8-18-17(23)11(2)19-15(21)10-24-16(22)9-13-12-6-4-5-7-14(12)25-20-13/h4-7,11H,3,8-10H2,1-2H3,(H,18,23)(H,19,21)/t11-/m0/s1. The van der Waals surface area contributed by atoms with E-state index in [2.05, 4.69) is 15.8 Å². The largest absolute Gasteiger partial charge is 0.455 e. The molecule has 8 heteroatoms. The second kappa shape index (κ2) is 8.81. The quantitative estimate of drug-likeness (QED) is 0.688. The minimum absolute atomic E-state index is 0.100. The van der Waals surface area contributed by atoms with E-state index in [1.54, 1.807) is 25.1 Å². The zero-order chi connectivity index (χ0) is 18.2. The number of hydrogen-bond acceptors (Lipinski definition) is 6. The van der Waals surface area contributed by atoms with Crippen LogP contribution in [0.1, 0.15) is 26.0 Å². The second-order valence-electron chi connectivity index (χ2n) is 5.54. The van der Waals surface area contributed by atoms with Crippen LogP contribution in [0.5, 0.6) is 0 Å². The lowest BCUT2D eigenvalue weighted by Gasteiger charge is -2.13. The highest BCUT2D eigenvalue weighted by molar-refractivity contribution is 5.89. The lowest BCUT2D eigenvalue weighted by Crippen LogP contribution is -2.46. The summed E-state index contributed by atoms with van der Waals surface area (Å²) in [6.45, 7) is 3.58. The number of nitrogens with one attached hydrogen (secondary N) is 2. The van der Waals surface area contributed by atoms with Gasteiger partial charge in [-0.2, -0.15) is 0 Å². The number of fused-ring (bicyclic) bond motifs is 1. The molecule has 1 aromatic carbocycles. The van der Waals surface area contributed by atoms with Gasteiger partial charge in [0, 0.05) is 11.9 Å². The van der Waals surface area contributed by atoms with Gasteiger partial charge in [-0.25, -0.2) is 0 Å². The zero-order valence-corrected chi connectivity index (χ0v) is 14.2. The van der Waals surface area contributed by atoms with E-state index < -0.39 is 24.5 Å². The van der Waals surface area contributed by atoms with Crippen LogP contribution in [0.3, 0.4) is 0 Å². The summed E-state index contributed by atoms with van der Waals surface area (Å²) in [5.74, 6) is -1.43. The number of benzene rings is 1. The molecule has 25 heavy (non-hydrogen) atoms. The number of nitrogens with zero attached hydrogens (tertiary/aromatic N) is 1. The van der Waals surface area contributed by atoms with Crippen LogP contribution >= 0.6 is 0 Å². The minimum atomic E-state index is -0.697. The Bertz CT molecular complexity index is 756. The Kier molecular flexibility index (Phi) is 6.50. The van der Waals surface area contributed by atoms with Crippen LogP contribution in [-0.4, -0.2) is 42.1 Å². The highest BCUT2D eigenvalue weighted by Gasteiger charge is 2.17. The lowest BCUT2D eigenvalue weighted by molar-refractivity contribution is -0.148. The first-order valence-electron chi connectivity index (χ1n) is 8.07. The van der Waals surface area contributed by atoms with Crippen molar-refractivity contribution in [2.75, 3.05) is 13.2 Å². The number of amides is 2. The van der Waals surface area contributed by atoms with E-state index in [9.17, 15) is 14.4 Å². The maximum absolute atomic E-state index is 11.9. The van der Waals surface area contributed by atoms with Crippen molar-refractivity contribution in [2.45, 2.75) is 32.7 Å². The zero-order valence-electron chi connectivity index (χ0n) is 14.2. The molecule has 0 saturated heterocycles. The predicted molar refractivity (Wildman–Crippen MR) is 89.6 cm³/mol. The smallest absolute Gasteiger partial charge is 0.312 e. The van der Waals surface area contributed by atoms with Crippen LogP contribution in [0.4, 0.5) is 0 Å². The highest BCUT2D eigenvalue weighted by atomic mass is 16.5. The Hall–Kier alpha value is -2.90. The molecule has 0 aliphatic carbocycles. The molecule has 2 amide bonds. The number of rotatable bonds is 8. The van der Waals surface area contributed by atoms with Crippen molar-refractivity contribution < 1.29 is 23.6 Å². The van der Waals surface area contributed by atoms with Crippen molar-refractivity contribution in [1.29, 1.82) is 0 Å². The van der Waals surface area contributed by atoms with Crippen molar-refractivity contribution in [2.24, 2.45) is 0 Å². The first kappa shape index (κ1) is 18.4. The van der Waals surface area contributed by atoms with Gasteiger partial charge in [-0.1, -0.05) is 24.2 Å². The minimum Gasteiger partial charge on any atom is -0.455 e. The van der Waals surface area contributed by atoms with Crippen LogP contribution in [-0.2, 0) is 25.5 Å². The van der Waals surface area contributed by atoms with Crippen LogP contribution in [0, 0.1) is 0 Å². The summed E-state index contributed by atoms with van der Waals surface area (Å²) in [6.07, 6.45) is 0.706. The van der Waals surface area contributed by atoms with Gasteiger partial charge in [0.1, 0.15) is 11.7 Å². The van der Waals surface area contributed by atoms with E-state index in [1.807, 2.05) is 13.0 Å². The predicted octanol–water partition coefficient (Wildman–Crippen LogP) is 0.944. The molecule has 0 bridgehead atoms. The monoisotopic (exact) mass is 347 g/mol. The number of aromatic nitrogens is 1. The third-order valence-electron chi connectivity index (χ3n) is 3.45. The summed E-state index contributed by atoms with van der Waals surface area (Å²) in [4.78, 5) is 35.3. The van der Waals surface area contributed by atoms with Crippen molar-refractivity contribution in [3.05, 3.63) is 30.0 Å². The van der Waals surface area contributed by atoms with Gasteiger partial charge in [-0.05, 0) is 25.5 Å². The van der Waals surface area contributed by atoms with Crippen molar-refractivity contribution >= 4 is 28.8 Å². The molecular formula is C17H21N3O5. The average Bonchev–Trinajstić information content (AvgIpc) is 3.01. The number of ether oxygens (including phenoxy) is 1. The molecule has 0 unspecified atom stereocenters. The lowest BCUT2D eigenvalue weighted by atomic mass is 10.2. The Morgan fingerprint density at radius 1 is 1.28 bits per heavy atom.